The van der Waals surface area contributed by atoms with Crippen molar-refractivity contribution in [2.75, 3.05) is 20.1 Å². The molecule has 16 heavy (non-hydrogen) atoms. The maximum atomic E-state index is 9.48. The van der Waals surface area contributed by atoms with Crippen LogP contribution in [0.5, 0.6) is 0 Å². The molecule has 90 valence electrons. The van der Waals surface area contributed by atoms with Gasteiger partial charge in [0.05, 0.1) is 6.07 Å². The maximum absolute atomic E-state index is 9.48. The van der Waals surface area contributed by atoms with E-state index in [1.165, 1.54) is 25.7 Å². The van der Waals surface area contributed by atoms with Gasteiger partial charge in [0.15, 0.2) is 0 Å². The van der Waals surface area contributed by atoms with Gasteiger partial charge in [-0.15, -0.1) is 0 Å². The molecule has 2 fully saturated rings. The first-order valence-electron chi connectivity index (χ1n) is 6.62. The van der Waals surface area contributed by atoms with Crippen LogP contribution >= 0.6 is 0 Å². The Morgan fingerprint density at radius 2 is 1.94 bits per heavy atom. The molecule has 1 aliphatic carbocycles. The molecule has 0 bridgehead atoms. The Kier molecular flexibility index (Phi) is 3.83. The van der Waals surface area contributed by atoms with Crippen LogP contribution in [-0.4, -0.2) is 36.6 Å². The second kappa shape index (κ2) is 5.16. The lowest BCUT2D eigenvalue weighted by Gasteiger charge is -2.30. The molecule has 2 rings (SSSR count). The summed E-state index contributed by atoms with van der Waals surface area (Å²) in [6, 6.07) is 3.17. The molecule has 1 atom stereocenters. The number of nitriles is 1. The molecule has 3 nitrogen and oxygen atoms in total. The Hall–Kier alpha value is -0.590. The molecule has 1 heterocycles. The first kappa shape index (κ1) is 11.9. The Morgan fingerprint density at radius 3 is 2.62 bits per heavy atom. The average molecular weight is 221 g/mol. The molecule has 2 aliphatic rings. The summed E-state index contributed by atoms with van der Waals surface area (Å²) in [4.78, 5) is 2.34. The zero-order valence-electron chi connectivity index (χ0n) is 10.3. The summed E-state index contributed by atoms with van der Waals surface area (Å²) in [6.45, 7) is 2.18. The lowest BCUT2D eigenvalue weighted by Crippen LogP contribution is -2.49. The SMILES string of the molecule is CN1CCCC(C#N)(NC2CCCC2)CC1. The summed E-state index contributed by atoms with van der Waals surface area (Å²) >= 11 is 0. The van der Waals surface area contributed by atoms with E-state index in [1.807, 2.05) is 0 Å². The summed E-state index contributed by atoms with van der Waals surface area (Å²) in [5, 5.41) is 13.1. The fourth-order valence-electron chi connectivity index (χ4n) is 3.02. The summed E-state index contributed by atoms with van der Waals surface area (Å²) < 4.78 is 0. The maximum Gasteiger partial charge on any atom is 0.108 e. The van der Waals surface area contributed by atoms with Crippen LogP contribution < -0.4 is 5.32 Å². The third-order valence-electron chi connectivity index (χ3n) is 4.11. The van der Waals surface area contributed by atoms with Gasteiger partial charge < -0.3 is 4.90 Å². The van der Waals surface area contributed by atoms with Crippen LogP contribution in [0.15, 0.2) is 0 Å². The normalized spacial score (nSPS) is 33.5. The highest BCUT2D eigenvalue weighted by molar-refractivity contribution is 5.09. The van der Waals surface area contributed by atoms with Crippen molar-refractivity contribution in [1.82, 2.24) is 10.2 Å². The number of likely N-dealkylation sites (tertiary alicyclic amines) is 1. The topological polar surface area (TPSA) is 39.1 Å². The Balaban J connectivity index is 1.97. The molecule has 1 N–H and O–H groups in total. The van der Waals surface area contributed by atoms with Crippen molar-refractivity contribution in [3.63, 3.8) is 0 Å². The van der Waals surface area contributed by atoms with E-state index in [9.17, 15) is 5.26 Å². The van der Waals surface area contributed by atoms with E-state index in [-0.39, 0.29) is 5.54 Å². The van der Waals surface area contributed by atoms with Gasteiger partial charge in [0.2, 0.25) is 0 Å². The summed E-state index contributed by atoms with van der Waals surface area (Å²) in [5.41, 5.74) is -0.236. The van der Waals surface area contributed by atoms with Crippen molar-refractivity contribution in [3.05, 3.63) is 0 Å². The standard InChI is InChI=1S/C13H23N3/c1-16-9-4-7-13(11-14,8-10-16)15-12-5-2-3-6-12/h12,15H,2-10H2,1H3. The Bertz CT molecular complexity index is 265. The lowest BCUT2D eigenvalue weighted by atomic mass is 9.91. The van der Waals surface area contributed by atoms with Gasteiger partial charge in [-0.05, 0) is 45.7 Å². The third-order valence-corrected chi connectivity index (χ3v) is 4.11. The predicted octanol–water partition coefficient (Wildman–Crippen LogP) is 1.90. The average Bonchev–Trinajstić information content (AvgIpc) is 2.71. The number of nitrogens with one attached hydrogen (secondary N) is 1. The van der Waals surface area contributed by atoms with Crippen LogP contribution in [-0.2, 0) is 0 Å². The van der Waals surface area contributed by atoms with Crippen LogP contribution in [0.1, 0.15) is 44.9 Å². The van der Waals surface area contributed by atoms with Crippen molar-refractivity contribution < 1.29 is 0 Å². The van der Waals surface area contributed by atoms with E-state index in [4.69, 9.17) is 0 Å². The van der Waals surface area contributed by atoms with Gasteiger partial charge in [0.25, 0.3) is 0 Å². The van der Waals surface area contributed by atoms with Gasteiger partial charge in [-0.1, -0.05) is 12.8 Å². The van der Waals surface area contributed by atoms with Gasteiger partial charge in [-0.3, -0.25) is 5.32 Å². The van der Waals surface area contributed by atoms with Gasteiger partial charge in [0.1, 0.15) is 5.54 Å². The van der Waals surface area contributed by atoms with E-state index in [1.54, 1.807) is 0 Å². The molecule has 0 aromatic rings. The van der Waals surface area contributed by atoms with Gasteiger partial charge in [-0.2, -0.15) is 5.26 Å². The second-order valence-electron chi connectivity index (χ2n) is 5.48. The molecule has 1 unspecified atom stereocenters. The molecule has 0 aromatic carbocycles. The fraction of sp³-hybridized carbons (Fsp3) is 0.923. The number of hydrogen-bond acceptors (Lipinski definition) is 3. The monoisotopic (exact) mass is 221 g/mol. The Labute approximate surface area is 98.8 Å². The molecule has 0 aromatic heterocycles. The highest BCUT2D eigenvalue weighted by Crippen LogP contribution is 2.26. The molecular formula is C13H23N3. The largest absolute Gasteiger partial charge is 0.306 e. The minimum atomic E-state index is -0.236. The first-order valence-corrected chi connectivity index (χ1v) is 6.62. The summed E-state index contributed by atoms with van der Waals surface area (Å²) in [6.07, 6.45) is 8.33. The number of rotatable bonds is 2. The second-order valence-corrected chi connectivity index (χ2v) is 5.48. The summed E-state index contributed by atoms with van der Waals surface area (Å²) in [5.74, 6) is 0. The molecular weight excluding hydrogens is 198 g/mol. The van der Waals surface area contributed by atoms with Gasteiger partial charge in [-0.25, -0.2) is 0 Å². The van der Waals surface area contributed by atoms with Crippen LogP contribution in [0.25, 0.3) is 0 Å². The van der Waals surface area contributed by atoms with Crippen molar-refractivity contribution in [3.8, 4) is 6.07 Å². The first-order chi connectivity index (χ1) is 7.74. The molecule has 1 saturated carbocycles. The molecule has 3 heteroatoms. The molecule has 0 amide bonds. The zero-order valence-corrected chi connectivity index (χ0v) is 10.3. The fourth-order valence-corrected chi connectivity index (χ4v) is 3.02. The number of hydrogen-bond donors (Lipinski definition) is 1. The van der Waals surface area contributed by atoms with E-state index in [2.05, 4.69) is 23.3 Å². The summed E-state index contributed by atoms with van der Waals surface area (Å²) in [7, 11) is 2.16. The number of nitrogens with zero attached hydrogens (tertiary/aromatic N) is 2. The Morgan fingerprint density at radius 1 is 1.19 bits per heavy atom. The third kappa shape index (κ3) is 2.75. The van der Waals surface area contributed by atoms with E-state index >= 15 is 0 Å². The minimum absolute atomic E-state index is 0.236. The molecule has 1 saturated heterocycles. The van der Waals surface area contributed by atoms with Crippen molar-refractivity contribution in [1.29, 1.82) is 5.26 Å². The van der Waals surface area contributed by atoms with Crippen LogP contribution in [0.2, 0.25) is 0 Å². The van der Waals surface area contributed by atoms with Gasteiger partial charge >= 0.3 is 0 Å². The molecule has 1 aliphatic heterocycles. The van der Waals surface area contributed by atoms with E-state index in [0.717, 1.165) is 32.4 Å². The highest BCUT2D eigenvalue weighted by Gasteiger charge is 2.34. The molecule has 0 spiro atoms. The van der Waals surface area contributed by atoms with Crippen LogP contribution in [0.4, 0.5) is 0 Å². The van der Waals surface area contributed by atoms with Gasteiger partial charge in [0, 0.05) is 12.6 Å². The quantitative estimate of drug-likeness (QED) is 0.774. The highest BCUT2D eigenvalue weighted by atomic mass is 15.1. The smallest absolute Gasteiger partial charge is 0.108 e. The predicted molar refractivity (Wildman–Crippen MR) is 65.1 cm³/mol. The van der Waals surface area contributed by atoms with E-state index < -0.39 is 0 Å². The van der Waals surface area contributed by atoms with Crippen molar-refractivity contribution >= 4 is 0 Å². The zero-order chi connectivity index (χ0) is 11.4. The lowest BCUT2D eigenvalue weighted by molar-refractivity contribution is 0.304. The van der Waals surface area contributed by atoms with E-state index in [0.29, 0.717) is 6.04 Å². The van der Waals surface area contributed by atoms with Crippen molar-refractivity contribution in [2.24, 2.45) is 0 Å². The van der Waals surface area contributed by atoms with Crippen LogP contribution in [0, 0.1) is 11.3 Å². The minimum Gasteiger partial charge on any atom is -0.306 e. The van der Waals surface area contributed by atoms with Crippen LogP contribution in [0.3, 0.4) is 0 Å². The van der Waals surface area contributed by atoms with Crippen molar-refractivity contribution in [2.45, 2.75) is 56.5 Å². The molecule has 0 radical (unpaired) electrons.